The average molecular weight is 262 g/mol. The first-order valence-corrected chi connectivity index (χ1v) is 6.72. The number of hydroxylamine groups is 2. The van der Waals surface area contributed by atoms with Crippen molar-refractivity contribution in [3.8, 4) is 0 Å². The molecule has 0 spiro atoms. The van der Waals surface area contributed by atoms with E-state index in [-0.39, 0.29) is 17.1 Å². The summed E-state index contributed by atoms with van der Waals surface area (Å²) in [6.45, 7) is 11.2. The predicted molar refractivity (Wildman–Crippen MR) is 67.4 cm³/mol. The summed E-state index contributed by atoms with van der Waals surface area (Å²) in [6, 6.07) is 0.0317. The summed E-state index contributed by atoms with van der Waals surface area (Å²) in [5, 5.41) is 11.5. The molecule has 1 atom stereocenters. The maximum Gasteiger partial charge on any atom is 0.287 e. The van der Waals surface area contributed by atoms with E-state index in [0.29, 0.717) is 12.8 Å². The molecule has 0 bridgehead atoms. The van der Waals surface area contributed by atoms with Crippen molar-refractivity contribution in [2.24, 2.45) is 0 Å². The highest BCUT2D eigenvalue weighted by Gasteiger charge is 2.45. The molecule has 100 valence electrons. The van der Waals surface area contributed by atoms with Gasteiger partial charge in [-0.15, -0.1) is 0 Å². The van der Waals surface area contributed by atoms with Crippen molar-refractivity contribution in [1.82, 2.24) is 9.79 Å². The Morgan fingerprint density at radius 1 is 1.41 bits per heavy atom. The fraction of sp³-hybridized carbons (Fsp3) is 0.818. The molecule has 1 fully saturated rings. The van der Waals surface area contributed by atoms with Gasteiger partial charge in [-0.2, -0.15) is 9.27 Å². The molecule has 5 nitrogen and oxygen atoms in total. The molecule has 17 heavy (non-hydrogen) atoms. The third kappa shape index (κ3) is 3.51. The Balaban J connectivity index is 2.71. The molecule has 1 heterocycles. The summed E-state index contributed by atoms with van der Waals surface area (Å²) in [5.41, 5.74) is -0.727. The monoisotopic (exact) mass is 262 g/mol. The number of rotatable bonds is 4. The smallest absolute Gasteiger partial charge is 0.287 e. The molecule has 0 aromatic heterocycles. The fourth-order valence-electron chi connectivity index (χ4n) is 2.58. The second kappa shape index (κ2) is 5.06. The lowest BCUT2D eigenvalue weighted by Crippen LogP contribution is -2.62. The van der Waals surface area contributed by atoms with Gasteiger partial charge in [0.15, 0.2) is 0 Å². The van der Waals surface area contributed by atoms with Crippen LogP contribution in [-0.2, 0) is 15.4 Å². The van der Waals surface area contributed by atoms with Crippen LogP contribution >= 0.6 is 0 Å². The van der Waals surface area contributed by atoms with Gasteiger partial charge in [0.25, 0.3) is 11.3 Å². The molecule has 1 saturated heterocycles. The first kappa shape index (κ1) is 14.6. The van der Waals surface area contributed by atoms with Crippen molar-refractivity contribution in [1.29, 1.82) is 0 Å². The number of hydrogen-bond acceptors (Lipinski definition) is 4. The van der Waals surface area contributed by atoms with Crippen LogP contribution in [-0.4, -0.2) is 31.6 Å². The van der Waals surface area contributed by atoms with E-state index in [0.717, 1.165) is 6.26 Å². The highest BCUT2D eigenvalue weighted by atomic mass is 32.2. The van der Waals surface area contributed by atoms with Gasteiger partial charge in [-0.3, -0.25) is 0 Å². The summed E-state index contributed by atoms with van der Waals surface area (Å²) in [5.74, 6) is 0. The molecular formula is C11H22N2O3S. The maximum atomic E-state index is 11.4. The van der Waals surface area contributed by atoms with Crippen LogP contribution < -0.4 is 4.72 Å². The van der Waals surface area contributed by atoms with E-state index in [1.54, 1.807) is 0 Å². The van der Waals surface area contributed by atoms with Crippen LogP contribution in [0.2, 0.25) is 0 Å². The predicted octanol–water partition coefficient (Wildman–Crippen LogP) is 1.73. The number of hydrogen-bond donors (Lipinski definition) is 2. The minimum absolute atomic E-state index is 0.0317. The van der Waals surface area contributed by atoms with Crippen LogP contribution in [0.5, 0.6) is 0 Å². The lowest BCUT2D eigenvalue weighted by atomic mass is 9.79. The Labute approximate surface area is 106 Å². The van der Waals surface area contributed by atoms with E-state index in [1.165, 1.54) is 5.06 Å². The van der Waals surface area contributed by atoms with Gasteiger partial charge in [0.2, 0.25) is 0 Å². The minimum Gasteiger partial charge on any atom is -0.398 e. The number of piperidine rings is 1. The van der Waals surface area contributed by atoms with Crippen molar-refractivity contribution in [2.45, 2.75) is 57.7 Å². The van der Waals surface area contributed by atoms with Crippen LogP contribution in [0.1, 0.15) is 40.5 Å². The zero-order valence-corrected chi connectivity index (χ0v) is 11.7. The molecule has 0 aromatic carbocycles. The number of nitrogens with one attached hydrogen (secondary N) is 1. The maximum absolute atomic E-state index is 11.4. The topological polar surface area (TPSA) is 61.8 Å². The summed E-state index contributed by atoms with van der Waals surface area (Å²) in [7, 11) is 0. The van der Waals surface area contributed by atoms with Gasteiger partial charge in [0, 0.05) is 17.1 Å². The molecule has 1 rings (SSSR count). The van der Waals surface area contributed by atoms with E-state index in [9.17, 15) is 9.42 Å². The van der Waals surface area contributed by atoms with Crippen molar-refractivity contribution < 1.29 is 13.6 Å². The quantitative estimate of drug-likeness (QED) is 0.757. The van der Waals surface area contributed by atoms with Gasteiger partial charge in [0.05, 0.1) is 6.26 Å². The van der Waals surface area contributed by atoms with Crippen LogP contribution in [0, 0.1) is 0 Å². The zero-order valence-electron chi connectivity index (χ0n) is 10.9. The standard InChI is InChI=1S/C11H22N2O3S/c1-6-16-17(15)12-9-7-10(2,3)13(14)11(4,5)8-9/h6,9,12,14H,1,7-8H2,2-5H3. The van der Waals surface area contributed by atoms with Gasteiger partial charge in [-0.05, 0) is 40.5 Å². The summed E-state index contributed by atoms with van der Waals surface area (Å²) >= 11 is -1.56. The second-order valence-electron chi connectivity index (χ2n) is 5.66. The lowest BCUT2D eigenvalue weighted by Gasteiger charge is -2.51. The molecule has 0 amide bonds. The number of nitrogens with zero attached hydrogens (tertiary/aromatic N) is 1. The summed E-state index contributed by atoms with van der Waals surface area (Å²) in [4.78, 5) is 0. The highest BCUT2D eigenvalue weighted by Crippen LogP contribution is 2.36. The Morgan fingerprint density at radius 2 is 1.88 bits per heavy atom. The first-order valence-electron chi connectivity index (χ1n) is 5.64. The van der Waals surface area contributed by atoms with E-state index >= 15 is 0 Å². The fourth-order valence-corrected chi connectivity index (χ4v) is 3.20. The van der Waals surface area contributed by atoms with E-state index in [4.69, 9.17) is 4.18 Å². The van der Waals surface area contributed by atoms with Gasteiger partial charge >= 0.3 is 0 Å². The third-order valence-electron chi connectivity index (χ3n) is 3.06. The molecule has 0 radical (unpaired) electrons. The molecular weight excluding hydrogens is 240 g/mol. The van der Waals surface area contributed by atoms with Crippen LogP contribution in [0.4, 0.5) is 0 Å². The lowest BCUT2D eigenvalue weighted by molar-refractivity contribution is -0.245. The summed E-state index contributed by atoms with van der Waals surface area (Å²) < 4.78 is 19.1. The molecule has 0 saturated carbocycles. The van der Waals surface area contributed by atoms with Crippen molar-refractivity contribution >= 4 is 11.3 Å². The molecule has 0 aromatic rings. The van der Waals surface area contributed by atoms with Gasteiger partial charge in [0.1, 0.15) is 0 Å². The Kier molecular flexibility index (Phi) is 4.35. The van der Waals surface area contributed by atoms with Gasteiger partial charge in [-0.25, -0.2) is 4.72 Å². The largest absolute Gasteiger partial charge is 0.398 e. The minimum atomic E-state index is -1.56. The molecule has 0 aliphatic carbocycles. The van der Waals surface area contributed by atoms with E-state index < -0.39 is 11.3 Å². The van der Waals surface area contributed by atoms with Crippen molar-refractivity contribution in [3.63, 3.8) is 0 Å². The average Bonchev–Trinajstić information content (AvgIpc) is 2.13. The first-order chi connectivity index (χ1) is 7.69. The highest BCUT2D eigenvalue weighted by molar-refractivity contribution is 7.78. The van der Waals surface area contributed by atoms with E-state index in [2.05, 4.69) is 11.3 Å². The molecule has 6 heteroatoms. The van der Waals surface area contributed by atoms with Crippen LogP contribution in [0.15, 0.2) is 12.8 Å². The Bertz CT molecular complexity index is 300. The normalized spacial score (nSPS) is 26.4. The molecule has 1 aliphatic heterocycles. The van der Waals surface area contributed by atoms with Crippen LogP contribution in [0.3, 0.4) is 0 Å². The third-order valence-corrected chi connectivity index (χ3v) is 3.89. The molecule has 1 aliphatic rings. The van der Waals surface area contributed by atoms with Gasteiger partial charge < -0.3 is 9.39 Å². The Hall–Kier alpha value is -0.430. The second-order valence-corrected chi connectivity index (χ2v) is 6.55. The van der Waals surface area contributed by atoms with Crippen molar-refractivity contribution in [2.75, 3.05) is 0 Å². The zero-order chi connectivity index (χ0) is 13.3. The molecule has 2 N–H and O–H groups in total. The van der Waals surface area contributed by atoms with Gasteiger partial charge in [-0.1, -0.05) is 6.58 Å². The molecule has 1 unspecified atom stereocenters. The SMILES string of the molecule is C=COS(=O)NC1CC(C)(C)N(O)C(C)(C)C1. The van der Waals surface area contributed by atoms with Crippen LogP contribution in [0.25, 0.3) is 0 Å². The van der Waals surface area contributed by atoms with Crippen molar-refractivity contribution in [3.05, 3.63) is 12.8 Å². The Morgan fingerprint density at radius 3 is 2.29 bits per heavy atom. The van der Waals surface area contributed by atoms with E-state index in [1.807, 2.05) is 27.7 Å². The summed E-state index contributed by atoms with van der Waals surface area (Å²) in [6.07, 6.45) is 2.54.